The molecule has 0 aromatic carbocycles. The fraction of sp³-hybridized carbons (Fsp3) is 0.727. The van der Waals surface area contributed by atoms with Crippen LogP contribution in [0.1, 0.15) is 39.5 Å². The Kier molecular flexibility index (Phi) is 5.63. The molecule has 0 saturated heterocycles. The van der Waals surface area contributed by atoms with Gasteiger partial charge in [0.2, 0.25) is 0 Å². The maximum atomic E-state index is 10.9. The first kappa shape index (κ1) is 12.4. The van der Waals surface area contributed by atoms with Crippen LogP contribution >= 0.6 is 0 Å². The molecule has 0 aliphatic rings. The Morgan fingerprint density at radius 1 is 1.46 bits per heavy atom. The van der Waals surface area contributed by atoms with Crippen molar-refractivity contribution in [2.45, 2.75) is 39.5 Å². The molecule has 0 spiro atoms. The van der Waals surface area contributed by atoms with Gasteiger partial charge in [-0.25, -0.2) is 0 Å². The molecule has 2 heteroatoms. The number of hydrogen-bond acceptors (Lipinski definition) is 2. The first-order valence-corrected chi connectivity index (χ1v) is 4.87. The number of carbonyl (C=O) groups is 1. The quantitative estimate of drug-likeness (QED) is 0.615. The Bertz CT molecular complexity index is 173. The molecule has 0 saturated carbocycles. The minimum Gasteiger partial charge on any atom is -0.330 e. The standard InChI is InChI=1S/C11H21NO/c1-4-10(13)6-5-7-11(2,3)8-9-12/h4H,1,5-9,12H2,2-3H3. The van der Waals surface area contributed by atoms with E-state index in [1.807, 2.05) is 0 Å². The van der Waals surface area contributed by atoms with Crippen molar-refractivity contribution in [3.8, 4) is 0 Å². The predicted octanol–water partition coefficient (Wildman–Crippen LogP) is 2.29. The summed E-state index contributed by atoms with van der Waals surface area (Å²) >= 11 is 0. The van der Waals surface area contributed by atoms with E-state index in [0.717, 1.165) is 25.8 Å². The fourth-order valence-corrected chi connectivity index (χ4v) is 1.36. The van der Waals surface area contributed by atoms with Crippen LogP contribution in [0.5, 0.6) is 0 Å². The molecule has 0 rings (SSSR count). The SMILES string of the molecule is C=CC(=O)CCCC(C)(C)CCN. The summed E-state index contributed by atoms with van der Waals surface area (Å²) in [4.78, 5) is 10.9. The molecule has 0 aliphatic heterocycles. The van der Waals surface area contributed by atoms with Gasteiger partial charge in [-0.3, -0.25) is 4.79 Å². The minimum atomic E-state index is 0.142. The normalized spacial score (nSPS) is 11.3. The maximum Gasteiger partial charge on any atom is 0.155 e. The van der Waals surface area contributed by atoms with Gasteiger partial charge in [-0.05, 0) is 37.3 Å². The lowest BCUT2D eigenvalue weighted by Gasteiger charge is -2.23. The van der Waals surface area contributed by atoms with Crippen LogP contribution in [0, 0.1) is 5.41 Å². The van der Waals surface area contributed by atoms with Crippen molar-refractivity contribution in [2.75, 3.05) is 6.54 Å². The van der Waals surface area contributed by atoms with E-state index in [1.54, 1.807) is 0 Å². The Balaban J connectivity index is 3.62. The molecule has 2 N–H and O–H groups in total. The van der Waals surface area contributed by atoms with Gasteiger partial charge in [0, 0.05) is 6.42 Å². The van der Waals surface area contributed by atoms with Crippen LogP contribution in [0.15, 0.2) is 12.7 Å². The van der Waals surface area contributed by atoms with E-state index in [1.165, 1.54) is 6.08 Å². The molecule has 76 valence electrons. The first-order valence-electron chi connectivity index (χ1n) is 4.87. The molecule has 0 radical (unpaired) electrons. The molecule has 0 heterocycles. The molecule has 0 amide bonds. The molecule has 0 atom stereocenters. The fourth-order valence-electron chi connectivity index (χ4n) is 1.36. The lowest BCUT2D eigenvalue weighted by atomic mass is 9.84. The van der Waals surface area contributed by atoms with Crippen LogP contribution < -0.4 is 5.73 Å². The molecule has 2 nitrogen and oxygen atoms in total. The van der Waals surface area contributed by atoms with Crippen molar-refractivity contribution < 1.29 is 4.79 Å². The lowest BCUT2D eigenvalue weighted by Crippen LogP contribution is -2.17. The van der Waals surface area contributed by atoms with Crippen molar-refractivity contribution in [1.29, 1.82) is 0 Å². The average Bonchev–Trinajstić information content (AvgIpc) is 2.03. The van der Waals surface area contributed by atoms with E-state index in [-0.39, 0.29) is 11.2 Å². The summed E-state index contributed by atoms with van der Waals surface area (Å²) in [5.41, 5.74) is 5.76. The van der Waals surface area contributed by atoms with Gasteiger partial charge in [-0.2, -0.15) is 0 Å². The molecule has 0 fully saturated rings. The molecule has 0 unspecified atom stereocenters. The van der Waals surface area contributed by atoms with Gasteiger partial charge in [0.05, 0.1) is 0 Å². The second-order valence-electron chi connectivity index (χ2n) is 4.23. The van der Waals surface area contributed by atoms with Gasteiger partial charge in [0.1, 0.15) is 0 Å². The second kappa shape index (κ2) is 5.92. The van der Waals surface area contributed by atoms with Gasteiger partial charge in [0.15, 0.2) is 5.78 Å². The molecular formula is C11H21NO. The minimum absolute atomic E-state index is 0.142. The third kappa shape index (κ3) is 6.52. The summed E-state index contributed by atoms with van der Waals surface area (Å²) in [6.45, 7) is 8.55. The van der Waals surface area contributed by atoms with Crippen LogP contribution in [-0.2, 0) is 4.79 Å². The van der Waals surface area contributed by atoms with Crippen molar-refractivity contribution in [3.63, 3.8) is 0 Å². The van der Waals surface area contributed by atoms with Gasteiger partial charge >= 0.3 is 0 Å². The highest BCUT2D eigenvalue weighted by atomic mass is 16.1. The summed E-state index contributed by atoms with van der Waals surface area (Å²) in [7, 11) is 0. The highest BCUT2D eigenvalue weighted by Gasteiger charge is 2.16. The van der Waals surface area contributed by atoms with Crippen LogP contribution in [0.2, 0.25) is 0 Å². The maximum absolute atomic E-state index is 10.9. The number of carbonyl (C=O) groups excluding carboxylic acids is 1. The smallest absolute Gasteiger partial charge is 0.155 e. The average molecular weight is 183 g/mol. The van der Waals surface area contributed by atoms with Crippen molar-refractivity contribution in [1.82, 2.24) is 0 Å². The van der Waals surface area contributed by atoms with Gasteiger partial charge in [0.25, 0.3) is 0 Å². The largest absolute Gasteiger partial charge is 0.330 e. The van der Waals surface area contributed by atoms with E-state index < -0.39 is 0 Å². The van der Waals surface area contributed by atoms with E-state index in [2.05, 4.69) is 20.4 Å². The molecule has 0 bridgehead atoms. The van der Waals surface area contributed by atoms with E-state index in [9.17, 15) is 4.79 Å². The number of allylic oxidation sites excluding steroid dienone is 1. The molecule has 0 aromatic heterocycles. The summed E-state index contributed by atoms with van der Waals surface area (Å²) in [6.07, 6.45) is 5.05. The third-order valence-electron chi connectivity index (χ3n) is 2.33. The van der Waals surface area contributed by atoms with E-state index >= 15 is 0 Å². The Hall–Kier alpha value is -0.630. The van der Waals surface area contributed by atoms with Crippen LogP contribution in [0.4, 0.5) is 0 Å². The van der Waals surface area contributed by atoms with Crippen LogP contribution in [-0.4, -0.2) is 12.3 Å². The molecular weight excluding hydrogens is 162 g/mol. The molecule has 13 heavy (non-hydrogen) atoms. The Morgan fingerprint density at radius 2 is 2.08 bits per heavy atom. The van der Waals surface area contributed by atoms with Crippen LogP contribution in [0.3, 0.4) is 0 Å². The summed E-state index contributed by atoms with van der Waals surface area (Å²) in [5.74, 6) is 0.142. The highest BCUT2D eigenvalue weighted by Crippen LogP contribution is 2.26. The Labute approximate surface area is 81.2 Å². The number of hydrogen-bond donors (Lipinski definition) is 1. The van der Waals surface area contributed by atoms with Crippen LogP contribution in [0.25, 0.3) is 0 Å². The summed E-state index contributed by atoms with van der Waals surface area (Å²) in [5, 5.41) is 0. The van der Waals surface area contributed by atoms with Gasteiger partial charge in [-0.15, -0.1) is 0 Å². The van der Waals surface area contributed by atoms with Gasteiger partial charge in [-0.1, -0.05) is 20.4 Å². The topological polar surface area (TPSA) is 43.1 Å². The Morgan fingerprint density at radius 3 is 2.54 bits per heavy atom. The monoisotopic (exact) mass is 183 g/mol. The number of nitrogens with two attached hydrogens (primary N) is 1. The van der Waals surface area contributed by atoms with Crippen molar-refractivity contribution in [2.24, 2.45) is 11.1 Å². The molecule has 0 aromatic rings. The van der Waals surface area contributed by atoms with Crippen molar-refractivity contribution in [3.05, 3.63) is 12.7 Å². The number of rotatable bonds is 7. The second-order valence-corrected chi connectivity index (χ2v) is 4.23. The summed E-state index contributed by atoms with van der Waals surface area (Å²) in [6, 6.07) is 0. The first-order chi connectivity index (χ1) is 6.02. The van der Waals surface area contributed by atoms with Crippen molar-refractivity contribution >= 4 is 5.78 Å². The van der Waals surface area contributed by atoms with E-state index in [4.69, 9.17) is 5.73 Å². The zero-order valence-electron chi connectivity index (χ0n) is 8.81. The lowest BCUT2D eigenvalue weighted by molar-refractivity contribution is -0.114. The predicted molar refractivity (Wildman–Crippen MR) is 56.5 cm³/mol. The zero-order valence-corrected chi connectivity index (χ0v) is 8.81. The molecule has 0 aliphatic carbocycles. The van der Waals surface area contributed by atoms with E-state index in [0.29, 0.717) is 6.42 Å². The zero-order chi connectivity index (χ0) is 10.3. The highest BCUT2D eigenvalue weighted by molar-refractivity contribution is 5.88. The number of ketones is 1. The third-order valence-corrected chi connectivity index (χ3v) is 2.33. The summed E-state index contributed by atoms with van der Waals surface area (Å²) < 4.78 is 0. The van der Waals surface area contributed by atoms with Gasteiger partial charge < -0.3 is 5.73 Å².